The van der Waals surface area contributed by atoms with Gasteiger partial charge in [-0.3, -0.25) is 5.32 Å². The first-order valence-corrected chi connectivity index (χ1v) is 9.64. The number of amides is 2. The molecule has 0 spiro atoms. The van der Waals surface area contributed by atoms with Crippen molar-refractivity contribution in [3.63, 3.8) is 0 Å². The number of anilines is 1. The van der Waals surface area contributed by atoms with Crippen LogP contribution in [0.15, 0.2) is 48.5 Å². The topological polar surface area (TPSA) is 80.3 Å². The van der Waals surface area contributed by atoms with Gasteiger partial charge >= 0.3 is 12.0 Å². The van der Waals surface area contributed by atoms with Gasteiger partial charge in [0.1, 0.15) is 0 Å². The quantitative estimate of drug-likeness (QED) is 0.473. The normalized spacial score (nSPS) is 10.6. The van der Waals surface area contributed by atoms with Crippen LogP contribution in [0.4, 0.5) is 9.93 Å². The van der Waals surface area contributed by atoms with E-state index in [0.717, 1.165) is 23.1 Å². The molecule has 0 aliphatic carbocycles. The standard InChI is InChI=1S/C20H21N3O3S/c1-2-26-18(24)15-10-11-16-17(13-15)27-20(22-16)23-19(25)21-12-6-9-14-7-4-3-5-8-14/h3-5,7-8,10-11,13H,2,6,9,12H2,1H3,(H2,21,22,23,25). The molecule has 140 valence electrons. The van der Waals surface area contributed by atoms with Crippen molar-refractivity contribution in [2.75, 3.05) is 18.5 Å². The van der Waals surface area contributed by atoms with E-state index in [9.17, 15) is 9.59 Å². The zero-order chi connectivity index (χ0) is 19.1. The van der Waals surface area contributed by atoms with Gasteiger partial charge in [-0.2, -0.15) is 0 Å². The Hall–Kier alpha value is -2.93. The molecule has 6 nitrogen and oxygen atoms in total. The lowest BCUT2D eigenvalue weighted by atomic mass is 10.1. The van der Waals surface area contributed by atoms with Crippen molar-refractivity contribution in [1.82, 2.24) is 10.3 Å². The van der Waals surface area contributed by atoms with E-state index in [1.165, 1.54) is 16.9 Å². The van der Waals surface area contributed by atoms with Crippen molar-refractivity contribution in [1.29, 1.82) is 0 Å². The zero-order valence-electron chi connectivity index (χ0n) is 15.0. The number of carbonyl (C=O) groups is 2. The van der Waals surface area contributed by atoms with Crippen LogP contribution < -0.4 is 10.6 Å². The van der Waals surface area contributed by atoms with Gasteiger partial charge < -0.3 is 10.1 Å². The van der Waals surface area contributed by atoms with Crippen LogP contribution in [0.25, 0.3) is 10.2 Å². The molecule has 2 aromatic carbocycles. The molecular weight excluding hydrogens is 362 g/mol. The second-order valence-corrected chi connectivity index (χ2v) is 6.92. The number of nitrogens with zero attached hydrogens (tertiary/aromatic N) is 1. The highest BCUT2D eigenvalue weighted by atomic mass is 32.1. The number of rotatable bonds is 7. The molecule has 0 saturated heterocycles. The summed E-state index contributed by atoms with van der Waals surface area (Å²) < 4.78 is 5.82. The Kier molecular flexibility index (Phi) is 6.38. The summed E-state index contributed by atoms with van der Waals surface area (Å²) in [6.45, 7) is 2.68. The Morgan fingerprint density at radius 2 is 1.96 bits per heavy atom. The number of urea groups is 1. The third-order valence-electron chi connectivity index (χ3n) is 3.89. The summed E-state index contributed by atoms with van der Waals surface area (Å²) in [4.78, 5) is 28.2. The zero-order valence-corrected chi connectivity index (χ0v) is 15.8. The van der Waals surface area contributed by atoms with E-state index in [-0.39, 0.29) is 12.0 Å². The largest absolute Gasteiger partial charge is 0.462 e. The van der Waals surface area contributed by atoms with Gasteiger partial charge in [-0.1, -0.05) is 41.7 Å². The molecule has 0 atom stereocenters. The molecular formula is C20H21N3O3S. The monoisotopic (exact) mass is 383 g/mol. The lowest BCUT2D eigenvalue weighted by Gasteiger charge is -2.05. The summed E-state index contributed by atoms with van der Waals surface area (Å²) in [6, 6.07) is 15.0. The summed E-state index contributed by atoms with van der Waals surface area (Å²) in [6.07, 6.45) is 1.78. The summed E-state index contributed by atoms with van der Waals surface area (Å²) >= 11 is 1.32. The minimum Gasteiger partial charge on any atom is -0.462 e. The maximum atomic E-state index is 12.0. The highest BCUT2D eigenvalue weighted by Gasteiger charge is 2.11. The molecule has 7 heteroatoms. The Bertz CT molecular complexity index is 925. The molecule has 0 aliphatic rings. The number of ether oxygens (including phenoxy) is 1. The number of carbonyl (C=O) groups excluding carboxylic acids is 2. The van der Waals surface area contributed by atoms with E-state index >= 15 is 0 Å². The predicted octanol–water partition coefficient (Wildman–Crippen LogP) is 4.23. The van der Waals surface area contributed by atoms with Crippen LogP contribution in [0.5, 0.6) is 0 Å². The van der Waals surface area contributed by atoms with Crippen LogP contribution in [0.1, 0.15) is 29.3 Å². The van der Waals surface area contributed by atoms with E-state index in [4.69, 9.17) is 4.74 Å². The molecule has 3 aromatic rings. The van der Waals surface area contributed by atoms with Gasteiger partial charge in [0.05, 0.1) is 22.4 Å². The van der Waals surface area contributed by atoms with Crippen LogP contribution in [0.3, 0.4) is 0 Å². The second-order valence-electron chi connectivity index (χ2n) is 5.89. The highest BCUT2D eigenvalue weighted by molar-refractivity contribution is 7.22. The van der Waals surface area contributed by atoms with Crippen LogP contribution in [-0.4, -0.2) is 30.1 Å². The smallest absolute Gasteiger partial charge is 0.338 e. The van der Waals surface area contributed by atoms with Gasteiger partial charge in [0, 0.05) is 6.54 Å². The van der Waals surface area contributed by atoms with E-state index in [1.54, 1.807) is 25.1 Å². The first kappa shape index (κ1) is 18.8. The van der Waals surface area contributed by atoms with Gasteiger partial charge in [-0.25, -0.2) is 14.6 Å². The Morgan fingerprint density at radius 3 is 2.74 bits per heavy atom. The summed E-state index contributed by atoms with van der Waals surface area (Å²) in [5.41, 5.74) is 2.46. The average Bonchev–Trinajstić information content (AvgIpc) is 3.07. The first-order valence-electron chi connectivity index (χ1n) is 8.82. The van der Waals surface area contributed by atoms with Gasteiger partial charge in [0.2, 0.25) is 0 Å². The number of benzene rings is 2. The Morgan fingerprint density at radius 1 is 1.15 bits per heavy atom. The summed E-state index contributed by atoms with van der Waals surface area (Å²) in [5.74, 6) is -0.363. The fourth-order valence-electron chi connectivity index (χ4n) is 2.60. The molecule has 0 unspecified atom stereocenters. The second kappa shape index (κ2) is 9.14. The molecule has 1 aromatic heterocycles. The number of hydrogen-bond donors (Lipinski definition) is 2. The van der Waals surface area contributed by atoms with E-state index in [2.05, 4.69) is 27.8 Å². The molecule has 2 N–H and O–H groups in total. The summed E-state index contributed by atoms with van der Waals surface area (Å²) in [7, 11) is 0. The van der Waals surface area contributed by atoms with Gasteiger partial charge in [0.25, 0.3) is 0 Å². The molecule has 0 fully saturated rings. The Labute approximate surface area is 161 Å². The van der Waals surface area contributed by atoms with Crippen molar-refractivity contribution in [3.05, 3.63) is 59.7 Å². The fourth-order valence-corrected chi connectivity index (χ4v) is 3.50. The van der Waals surface area contributed by atoms with Crippen LogP contribution in [0.2, 0.25) is 0 Å². The molecule has 3 rings (SSSR count). The van der Waals surface area contributed by atoms with Crippen molar-refractivity contribution >= 4 is 38.7 Å². The van der Waals surface area contributed by atoms with E-state index in [1.807, 2.05) is 18.2 Å². The first-order chi connectivity index (χ1) is 13.2. The van der Waals surface area contributed by atoms with E-state index in [0.29, 0.717) is 23.8 Å². The molecule has 0 radical (unpaired) electrons. The van der Waals surface area contributed by atoms with Crippen LogP contribution in [-0.2, 0) is 11.2 Å². The summed E-state index contributed by atoms with van der Waals surface area (Å²) in [5, 5.41) is 6.07. The highest BCUT2D eigenvalue weighted by Crippen LogP contribution is 2.27. The average molecular weight is 383 g/mol. The number of aromatic nitrogens is 1. The fraction of sp³-hybridized carbons (Fsp3) is 0.250. The van der Waals surface area contributed by atoms with Crippen LogP contribution in [0, 0.1) is 0 Å². The minimum absolute atomic E-state index is 0.285. The van der Waals surface area contributed by atoms with Gasteiger partial charge in [-0.15, -0.1) is 0 Å². The lowest BCUT2D eigenvalue weighted by Crippen LogP contribution is -2.29. The number of aryl methyl sites for hydroxylation is 1. The number of hydrogen-bond acceptors (Lipinski definition) is 5. The van der Waals surface area contributed by atoms with Gasteiger partial charge in [0.15, 0.2) is 5.13 Å². The van der Waals surface area contributed by atoms with Crippen molar-refractivity contribution < 1.29 is 14.3 Å². The third kappa shape index (κ3) is 5.27. The van der Waals surface area contributed by atoms with Crippen molar-refractivity contribution in [2.24, 2.45) is 0 Å². The van der Waals surface area contributed by atoms with Gasteiger partial charge in [-0.05, 0) is 43.5 Å². The maximum absolute atomic E-state index is 12.0. The number of esters is 1. The van der Waals surface area contributed by atoms with Crippen molar-refractivity contribution in [3.8, 4) is 0 Å². The molecule has 1 heterocycles. The predicted molar refractivity (Wildman–Crippen MR) is 107 cm³/mol. The SMILES string of the molecule is CCOC(=O)c1ccc2nc(NC(=O)NCCCc3ccccc3)sc2c1. The molecule has 0 aliphatic heterocycles. The Balaban J connectivity index is 1.51. The maximum Gasteiger partial charge on any atom is 0.338 e. The number of thiazole rings is 1. The molecule has 27 heavy (non-hydrogen) atoms. The number of nitrogens with one attached hydrogen (secondary N) is 2. The molecule has 0 bridgehead atoms. The van der Waals surface area contributed by atoms with E-state index < -0.39 is 0 Å². The number of fused-ring (bicyclic) bond motifs is 1. The lowest BCUT2D eigenvalue weighted by molar-refractivity contribution is 0.0526. The van der Waals surface area contributed by atoms with Crippen LogP contribution >= 0.6 is 11.3 Å². The molecule has 0 saturated carbocycles. The van der Waals surface area contributed by atoms with Crippen molar-refractivity contribution in [2.45, 2.75) is 19.8 Å². The minimum atomic E-state index is -0.363. The third-order valence-corrected chi connectivity index (χ3v) is 4.82. The molecule has 2 amide bonds.